The third-order valence-corrected chi connectivity index (χ3v) is 3.44. The average Bonchev–Trinajstić information content (AvgIpc) is 2.59. The number of primary amides is 1. The normalized spacial score (nSPS) is 10.6. The summed E-state index contributed by atoms with van der Waals surface area (Å²) in [6.07, 6.45) is 0.929. The number of carbonyl (C=O) groups is 1. The number of benzene rings is 2. The molecule has 0 heterocycles. The van der Waals surface area contributed by atoms with E-state index in [2.05, 4.69) is 27.8 Å². The van der Waals surface area contributed by atoms with Gasteiger partial charge in [-0.05, 0) is 29.7 Å². The van der Waals surface area contributed by atoms with E-state index >= 15 is 0 Å². The molecule has 0 fully saturated rings. The summed E-state index contributed by atoms with van der Waals surface area (Å²) in [6, 6.07) is 17.5. The Morgan fingerprint density at radius 1 is 1.04 bits per heavy atom. The number of halogens is 1. The van der Waals surface area contributed by atoms with Gasteiger partial charge in [-0.2, -0.15) is 0 Å². The van der Waals surface area contributed by atoms with Gasteiger partial charge in [-0.3, -0.25) is 9.79 Å². The van der Waals surface area contributed by atoms with Gasteiger partial charge in [-0.1, -0.05) is 42.5 Å². The highest BCUT2D eigenvalue weighted by Crippen LogP contribution is 2.04. The first-order valence-electron chi connectivity index (χ1n) is 7.56. The molecule has 2 aromatic carbocycles. The Kier molecular flexibility index (Phi) is 8.85. The average molecular weight is 438 g/mol. The number of hydrogen-bond donors (Lipinski definition) is 3. The Hall–Kier alpha value is -2.09. The van der Waals surface area contributed by atoms with Crippen molar-refractivity contribution in [1.82, 2.24) is 10.6 Å². The molecule has 0 saturated heterocycles. The van der Waals surface area contributed by atoms with Crippen molar-refractivity contribution in [2.24, 2.45) is 10.7 Å². The zero-order valence-electron chi connectivity index (χ0n) is 13.7. The lowest BCUT2D eigenvalue weighted by Gasteiger charge is -2.12. The third-order valence-electron chi connectivity index (χ3n) is 3.44. The van der Waals surface area contributed by atoms with Gasteiger partial charge in [0.15, 0.2) is 5.96 Å². The van der Waals surface area contributed by atoms with Crippen LogP contribution in [0.4, 0.5) is 0 Å². The maximum absolute atomic E-state index is 11.2. The van der Waals surface area contributed by atoms with Crippen LogP contribution >= 0.6 is 24.0 Å². The number of nitrogens with two attached hydrogens (primary N) is 1. The second-order valence-corrected chi connectivity index (χ2v) is 5.15. The van der Waals surface area contributed by atoms with Crippen LogP contribution in [0.25, 0.3) is 0 Å². The molecule has 0 aliphatic carbocycles. The topological polar surface area (TPSA) is 79.5 Å². The van der Waals surface area contributed by atoms with Crippen LogP contribution in [0.3, 0.4) is 0 Å². The maximum Gasteiger partial charge on any atom is 0.248 e. The van der Waals surface area contributed by atoms with Gasteiger partial charge in [0, 0.05) is 25.7 Å². The van der Waals surface area contributed by atoms with E-state index in [-0.39, 0.29) is 24.0 Å². The van der Waals surface area contributed by atoms with Gasteiger partial charge in [-0.25, -0.2) is 0 Å². The van der Waals surface area contributed by atoms with E-state index in [1.807, 2.05) is 30.3 Å². The molecule has 0 aliphatic heterocycles. The van der Waals surface area contributed by atoms with Gasteiger partial charge in [0.25, 0.3) is 0 Å². The largest absolute Gasteiger partial charge is 0.366 e. The fourth-order valence-electron chi connectivity index (χ4n) is 2.21. The lowest BCUT2D eigenvalue weighted by Crippen LogP contribution is -2.37. The number of carbonyl (C=O) groups excluding carboxylic acids is 1. The zero-order chi connectivity index (χ0) is 16.5. The summed E-state index contributed by atoms with van der Waals surface area (Å²) in [5, 5.41) is 6.50. The lowest BCUT2D eigenvalue weighted by molar-refractivity contribution is 0.1000. The molecule has 0 aromatic heterocycles. The number of hydrogen-bond acceptors (Lipinski definition) is 2. The van der Waals surface area contributed by atoms with Crippen LogP contribution in [-0.2, 0) is 13.0 Å². The minimum atomic E-state index is -0.419. The molecule has 5 nitrogen and oxygen atoms in total. The summed E-state index contributed by atoms with van der Waals surface area (Å²) >= 11 is 0. The van der Waals surface area contributed by atoms with E-state index in [9.17, 15) is 4.79 Å². The summed E-state index contributed by atoms with van der Waals surface area (Å²) in [7, 11) is 1.73. The smallest absolute Gasteiger partial charge is 0.248 e. The number of nitrogens with one attached hydrogen (secondary N) is 2. The molecule has 0 saturated carbocycles. The van der Waals surface area contributed by atoms with Gasteiger partial charge < -0.3 is 16.4 Å². The Bertz CT molecular complexity index is 674. The van der Waals surface area contributed by atoms with E-state index in [4.69, 9.17) is 5.73 Å². The fourth-order valence-corrected chi connectivity index (χ4v) is 2.21. The Morgan fingerprint density at radius 3 is 2.42 bits per heavy atom. The Morgan fingerprint density at radius 2 is 1.75 bits per heavy atom. The number of aliphatic imine (C=N–C) groups is 1. The van der Waals surface area contributed by atoms with Gasteiger partial charge in [0.2, 0.25) is 5.91 Å². The summed E-state index contributed by atoms with van der Waals surface area (Å²) < 4.78 is 0. The van der Waals surface area contributed by atoms with Crippen LogP contribution in [0.5, 0.6) is 0 Å². The van der Waals surface area contributed by atoms with Gasteiger partial charge in [0.05, 0.1) is 0 Å². The summed E-state index contributed by atoms with van der Waals surface area (Å²) in [4.78, 5) is 15.4. The first-order chi connectivity index (χ1) is 11.2. The minimum Gasteiger partial charge on any atom is -0.366 e. The van der Waals surface area contributed by atoms with E-state index in [1.54, 1.807) is 19.2 Å². The molecule has 24 heavy (non-hydrogen) atoms. The molecule has 4 N–H and O–H groups in total. The number of amides is 1. The van der Waals surface area contributed by atoms with Crippen molar-refractivity contribution in [1.29, 1.82) is 0 Å². The molecule has 0 aliphatic rings. The molecule has 0 bridgehead atoms. The number of nitrogens with zero attached hydrogens (tertiary/aromatic N) is 1. The van der Waals surface area contributed by atoms with Crippen LogP contribution in [0.2, 0.25) is 0 Å². The number of guanidine groups is 1. The highest BCUT2D eigenvalue weighted by Gasteiger charge is 2.02. The molecule has 0 unspecified atom stereocenters. The summed E-state index contributed by atoms with van der Waals surface area (Å²) in [5.74, 6) is 0.308. The maximum atomic E-state index is 11.2. The molecular weight excluding hydrogens is 415 g/mol. The molecule has 1 amide bonds. The third kappa shape index (κ3) is 6.57. The first kappa shape index (κ1) is 20.0. The quantitative estimate of drug-likeness (QED) is 0.368. The van der Waals surface area contributed by atoms with Crippen molar-refractivity contribution in [2.45, 2.75) is 13.0 Å². The predicted octanol–water partition coefficient (Wildman–Crippen LogP) is 2.31. The second-order valence-electron chi connectivity index (χ2n) is 5.15. The van der Waals surface area contributed by atoms with Crippen LogP contribution in [0, 0.1) is 0 Å². The fraction of sp³-hybridized carbons (Fsp3) is 0.222. The molecular formula is C18H23IN4O. The van der Waals surface area contributed by atoms with E-state index < -0.39 is 5.91 Å². The SMILES string of the molecule is CN=C(NCCc1ccccc1)NCc1cccc(C(N)=O)c1.I. The van der Waals surface area contributed by atoms with Crippen molar-refractivity contribution >= 4 is 35.8 Å². The second kappa shape index (κ2) is 10.6. The van der Waals surface area contributed by atoms with Gasteiger partial charge >= 0.3 is 0 Å². The van der Waals surface area contributed by atoms with Crippen molar-refractivity contribution < 1.29 is 4.79 Å². The monoisotopic (exact) mass is 438 g/mol. The standard InChI is InChI=1S/C18H22N4O.HI/c1-20-18(21-11-10-14-6-3-2-4-7-14)22-13-15-8-5-9-16(12-15)17(19)23;/h2-9,12H,10-11,13H2,1H3,(H2,19,23)(H2,20,21,22);1H. The summed E-state index contributed by atoms with van der Waals surface area (Å²) in [5.41, 5.74) is 8.06. The Balaban J connectivity index is 0.00000288. The highest BCUT2D eigenvalue weighted by atomic mass is 127. The molecule has 2 rings (SSSR count). The molecule has 0 atom stereocenters. The summed E-state index contributed by atoms with van der Waals surface area (Å²) in [6.45, 7) is 1.37. The van der Waals surface area contributed by atoms with Crippen molar-refractivity contribution in [3.8, 4) is 0 Å². The van der Waals surface area contributed by atoms with Crippen LogP contribution in [0.15, 0.2) is 59.6 Å². The molecule has 128 valence electrons. The molecule has 6 heteroatoms. The number of rotatable bonds is 6. The molecule has 0 radical (unpaired) electrons. The van der Waals surface area contributed by atoms with Gasteiger partial charge in [0.1, 0.15) is 0 Å². The van der Waals surface area contributed by atoms with Crippen molar-refractivity contribution in [2.75, 3.05) is 13.6 Å². The van der Waals surface area contributed by atoms with E-state index in [0.29, 0.717) is 12.1 Å². The van der Waals surface area contributed by atoms with E-state index in [1.165, 1.54) is 5.56 Å². The van der Waals surface area contributed by atoms with Crippen molar-refractivity contribution in [3.05, 3.63) is 71.3 Å². The first-order valence-corrected chi connectivity index (χ1v) is 7.56. The molecule has 0 spiro atoms. The van der Waals surface area contributed by atoms with Gasteiger partial charge in [-0.15, -0.1) is 24.0 Å². The Labute approximate surface area is 159 Å². The van der Waals surface area contributed by atoms with Crippen LogP contribution in [-0.4, -0.2) is 25.5 Å². The highest BCUT2D eigenvalue weighted by molar-refractivity contribution is 14.0. The predicted molar refractivity (Wildman–Crippen MR) is 109 cm³/mol. The van der Waals surface area contributed by atoms with Crippen LogP contribution in [0.1, 0.15) is 21.5 Å². The zero-order valence-corrected chi connectivity index (χ0v) is 16.0. The van der Waals surface area contributed by atoms with Crippen molar-refractivity contribution in [3.63, 3.8) is 0 Å². The molecule has 2 aromatic rings. The van der Waals surface area contributed by atoms with Crippen LogP contribution < -0.4 is 16.4 Å². The minimum absolute atomic E-state index is 0. The lowest BCUT2D eigenvalue weighted by atomic mass is 10.1. The van der Waals surface area contributed by atoms with E-state index in [0.717, 1.165) is 24.5 Å².